The van der Waals surface area contributed by atoms with Gasteiger partial charge in [0.1, 0.15) is 0 Å². The van der Waals surface area contributed by atoms with Gasteiger partial charge < -0.3 is 10.4 Å². The number of hydrogen-bond donors (Lipinski definition) is 2. The summed E-state index contributed by atoms with van der Waals surface area (Å²) in [5.74, 6) is -1.39. The SMILES string of the molecule is CC(NC(=O)c1cccc(C(=O)O)c1)c1ccccn1. The zero-order chi connectivity index (χ0) is 14.5. The molecule has 5 heteroatoms. The Morgan fingerprint density at radius 2 is 1.90 bits per heavy atom. The lowest BCUT2D eigenvalue weighted by molar-refractivity contribution is 0.0697. The number of amides is 1. The molecule has 2 rings (SSSR count). The van der Waals surface area contributed by atoms with Crippen LogP contribution in [0.2, 0.25) is 0 Å². The molecule has 0 bridgehead atoms. The zero-order valence-corrected chi connectivity index (χ0v) is 10.9. The van der Waals surface area contributed by atoms with E-state index in [4.69, 9.17) is 5.11 Å². The molecule has 102 valence electrons. The van der Waals surface area contributed by atoms with E-state index in [0.29, 0.717) is 5.56 Å². The fourth-order valence-electron chi connectivity index (χ4n) is 1.78. The molecule has 0 spiro atoms. The quantitative estimate of drug-likeness (QED) is 0.893. The number of nitrogens with zero attached hydrogens (tertiary/aromatic N) is 1. The van der Waals surface area contributed by atoms with Crippen molar-refractivity contribution in [3.63, 3.8) is 0 Å². The molecular formula is C15H14N2O3. The standard InChI is InChI=1S/C15H14N2O3/c1-10(13-7-2-3-8-16-13)17-14(18)11-5-4-6-12(9-11)15(19)20/h2-10H,1H3,(H,17,18)(H,19,20). The van der Waals surface area contributed by atoms with Gasteiger partial charge in [0, 0.05) is 11.8 Å². The Kier molecular flexibility index (Phi) is 4.10. The minimum Gasteiger partial charge on any atom is -0.478 e. The van der Waals surface area contributed by atoms with Gasteiger partial charge in [0.15, 0.2) is 0 Å². The van der Waals surface area contributed by atoms with E-state index >= 15 is 0 Å². The predicted octanol–water partition coefficient (Wildman–Crippen LogP) is 2.27. The third-order valence-corrected chi connectivity index (χ3v) is 2.85. The summed E-state index contributed by atoms with van der Waals surface area (Å²) < 4.78 is 0. The molecule has 1 atom stereocenters. The molecule has 0 radical (unpaired) electrons. The van der Waals surface area contributed by atoms with Gasteiger partial charge in [0.2, 0.25) is 0 Å². The fourth-order valence-corrected chi connectivity index (χ4v) is 1.78. The Morgan fingerprint density at radius 3 is 2.55 bits per heavy atom. The highest BCUT2D eigenvalue weighted by Crippen LogP contribution is 2.11. The number of carboxylic acid groups (broad SMARTS) is 1. The number of pyridine rings is 1. The average Bonchev–Trinajstić information content (AvgIpc) is 2.48. The van der Waals surface area contributed by atoms with Gasteiger partial charge in [-0.3, -0.25) is 9.78 Å². The molecule has 0 saturated heterocycles. The molecule has 0 aliphatic heterocycles. The van der Waals surface area contributed by atoms with Crippen molar-refractivity contribution in [3.8, 4) is 0 Å². The van der Waals surface area contributed by atoms with Gasteiger partial charge in [-0.15, -0.1) is 0 Å². The second-order valence-electron chi connectivity index (χ2n) is 4.34. The first kappa shape index (κ1) is 13.7. The summed E-state index contributed by atoms with van der Waals surface area (Å²) >= 11 is 0. The van der Waals surface area contributed by atoms with Crippen molar-refractivity contribution in [2.75, 3.05) is 0 Å². The van der Waals surface area contributed by atoms with Gasteiger partial charge in [-0.05, 0) is 37.3 Å². The molecule has 1 aromatic heterocycles. The second-order valence-corrected chi connectivity index (χ2v) is 4.34. The van der Waals surface area contributed by atoms with E-state index in [-0.39, 0.29) is 17.5 Å². The Labute approximate surface area is 116 Å². The highest BCUT2D eigenvalue weighted by atomic mass is 16.4. The molecule has 1 aromatic carbocycles. The second kappa shape index (κ2) is 5.97. The number of benzene rings is 1. The minimum atomic E-state index is -1.06. The highest BCUT2D eigenvalue weighted by Gasteiger charge is 2.13. The normalized spacial score (nSPS) is 11.7. The van der Waals surface area contributed by atoms with Gasteiger partial charge in [0.05, 0.1) is 17.3 Å². The third-order valence-electron chi connectivity index (χ3n) is 2.85. The van der Waals surface area contributed by atoms with Gasteiger partial charge in [0.25, 0.3) is 5.91 Å². The number of carboxylic acids is 1. The molecule has 0 saturated carbocycles. The Bertz CT molecular complexity index is 626. The molecule has 1 amide bonds. The first-order chi connectivity index (χ1) is 9.58. The lowest BCUT2D eigenvalue weighted by Crippen LogP contribution is -2.27. The van der Waals surface area contributed by atoms with Crippen LogP contribution in [-0.4, -0.2) is 22.0 Å². The van der Waals surface area contributed by atoms with Crippen molar-refractivity contribution < 1.29 is 14.7 Å². The largest absolute Gasteiger partial charge is 0.478 e. The van der Waals surface area contributed by atoms with E-state index in [9.17, 15) is 9.59 Å². The van der Waals surface area contributed by atoms with E-state index in [2.05, 4.69) is 10.3 Å². The highest BCUT2D eigenvalue weighted by molar-refractivity contribution is 5.97. The molecular weight excluding hydrogens is 256 g/mol. The summed E-state index contributed by atoms with van der Waals surface area (Å²) in [6.07, 6.45) is 1.66. The molecule has 0 fully saturated rings. The molecule has 1 unspecified atom stereocenters. The lowest BCUT2D eigenvalue weighted by atomic mass is 10.1. The number of carbonyl (C=O) groups excluding carboxylic acids is 1. The maximum Gasteiger partial charge on any atom is 0.335 e. The summed E-state index contributed by atoms with van der Waals surface area (Å²) in [5.41, 5.74) is 1.14. The first-order valence-electron chi connectivity index (χ1n) is 6.13. The van der Waals surface area contributed by atoms with Crippen LogP contribution >= 0.6 is 0 Å². The molecule has 20 heavy (non-hydrogen) atoms. The van der Waals surface area contributed by atoms with E-state index < -0.39 is 5.97 Å². The Hall–Kier alpha value is -2.69. The van der Waals surface area contributed by atoms with Crippen LogP contribution in [0.3, 0.4) is 0 Å². The smallest absolute Gasteiger partial charge is 0.335 e. The number of nitrogens with one attached hydrogen (secondary N) is 1. The number of hydrogen-bond acceptors (Lipinski definition) is 3. The van der Waals surface area contributed by atoms with Gasteiger partial charge >= 0.3 is 5.97 Å². The fraction of sp³-hybridized carbons (Fsp3) is 0.133. The molecule has 1 heterocycles. The van der Waals surface area contributed by atoms with Crippen LogP contribution in [0, 0.1) is 0 Å². The maximum absolute atomic E-state index is 12.1. The van der Waals surface area contributed by atoms with Crippen molar-refractivity contribution in [2.45, 2.75) is 13.0 Å². The monoisotopic (exact) mass is 270 g/mol. The van der Waals surface area contributed by atoms with Crippen molar-refractivity contribution in [2.24, 2.45) is 0 Å². The maximum atomic E-state index is 12.1. The Morgan fingerprint density at radius 1 is 1.15 bits per heavy atom. The van der Waals surface area contributed by atoms with E-state index in [1.165, 1.54) is 12.1 Å². The minimum absolute atomic E-state index is 0.0862. The summed E-state index contributed by atoms with van der Waals surface area (Å²) in [4.78, 5) is 27.1. The average molecular weight is 270 g/mol. The predicted molar refractivity (Wildman–Crippen MR) is 73.5 cm³/mol. The van der Waals surface area contributed by atoms with Crippen LogP contribution in [0.1, 0.15) is 39.4 Å². The van der Waals surface area contributed by atoms with Crippen molar-refractivity contribution >= 4 is 11.9 Å². The van der Waals surface area contributed by atoms with Gasteiger partial charge in [-0.1, -0.05) is 12.1 Å². The van der Waals surface area contributed by atoms with Gasteiger partial charge in [-0.2, -0.15) is 0 Å². The lowest BCUT2D eigenvalue weighted by Gasteiger charge is -2.13. The van der Waals surface area contributed by atoms with Crippen LogP contribution < -0.4 is 5.32 Å². The molecule has 2 aromatic rings. The molecule has 0 aliphatic rings. The Balaban J connectivity index is 2.12. The third kappa shape index (κ3) is 3.20. The summed E-state index contributed by atoms with van der Waals surface area (Å²) in [5, 5.41) is 11.7. The topological polar surface area (TPSA) is 79.3 Å². The number of carbonyl (C=O) groups is 2. The number of rotatable bonds is 4. The van der Waals surface area contributed by atoms with Crippen molar-refractivity contribution in [1.29, 1.82) is 0 Å². The number of aromatic carboxylic acids is 1. The zero-order valence-electron chi connectivity index (χ0n) is 10.9. The van der Waals surface area contributed by atoms with Crippen LogP contribution in [0.4, 0.5) is 0 Å². The first-order valence-corrected chi connectivity index (χ1v) is 6.13. The number of aromatic nitrogens is 1. The summed E-state index contributed by atoms with van der Waals surface area (Å²) in [6.45, 7) is 1.82. The molecule has 2 N–H and O–H groups in total. The van der Waals surface area contributed by atoms with Crippen LogP contribution in [0.25, 0.3) is 0 Å². The van der Waals surface area contributed by atoms with E-state index in [1.807, 2.05) is 19.1 Å². The van der Waals surface area contributed by atoms with E-state index in [0.717, 1.165) is 5.69 Å². The van der Waals surface area contributed by atoms with Crippen molar-refractivity contribution in [1.82, 2.24) is 10.3 Å². The molecule has 5 nitrogen and oxygen atoms in total. The van der Waals surface area contributed by atoms with Crippen LogP contribution in [0.15, 0.2) is 48.7 Å². The van der Waals surface area contributed by atoms with Crippen molar-refractivity contribution in [3.05, 3.63) is 65.5 Å². The molecule has 0 aliphatic carbocycles. The van der Waals surface area contributed by atoms with Crippen LogP contribution in [0.5, 0.6) is 0 Å². The summed E-state index contributed by atoms with van der Waals surface area (Å²) in [7, 11) is 0. The van der Waals surface area contributed by atoms with Crippen LogP contribution in [-0.2, 0) is 0 Å². The summed E-state index contributed by atoms with van der Waals surface area (Å²) in [6, 6.07) is 11.1. The van der Waals surface area contributed by atoms with E-state index in [1.54, 1.807) is 24.4 Å². The van der Waals surface area contributed by atoms with Gasteiger partial charge in [-0.25, -0.2) is 4.79 Å².